The summed E-state index contributed by atoms with van der Waals surface area (Å²) in [6.07, 6.45) is 0. The Morgan fingerprint density at radius 2 is 1.84 bits per heavy atom. The van der Waals surface area contributed by atoms with Crippen LogP contribution in [0.3, 0.4) is 0 Å². The molecule has 0 heterocycles. The van der Waals surface area contributed by atoms with Crippen LogP contribution in [0, 0.1) is 0 Å². The van der Waals surface area contributed by atoms with E-state index in [0.29, 0.717) is 11.3 Å². The van der Waals surface area contributed by atoms with Gasteiger partial charge in [-0.1, -0.05) is 24.3 Å². The molecule has 5 nitrogen and oxygen atoms in total. The molecule has 0 aliphatic heterocycles. The molecule has 0 aliphatic carbocycles. The fourth-order valence-corrected chi connectivity index (χ4v) is 1.83. The summed E-state index contributed by atoms with van der Waals surface area (Å²) in [6.45, 7) is -0.200. The number of hydrogen-bond donors (Lipinski definition) is 2. The highest BCUT2D eigenvalue weighted by molar-refractivity contribution is 6.02. The normalized spacial score (nSPS) is 10.2. The van der Waals surface area contributed by atoms with Crippen LogP contribution in [0.15, 0.2) is 36.4 Å². The van der Waals surface area contributed by atoms with E-state index in [-0.39, 0.29) is 12.5 Å². The minimum absolute atomic E-state index is 0.200. The molecule has 0 saturated carbocycles. The lowest BCUT2D eigenvalue weighted by atomic mass is 10.1. The average molecular weight is 258 g/mol. The molecule has 5 heteroatoms. The molecule has 3 N–H and O–H groups in total. The maximum absolute atomic E-state index is 12.0. The third-order valence-corrected chi connectivity index (χ3v) is 2.74. The largest absolute Gasteiger partial charge is 0.496 e. The van der Waals surface area contributed by atoms with E-state index in [0.717, 1.165) is 10.8 Å². The standard InChI is InChI=1S/C14H14N2O3/c1-19-12-7-10-5-3-2-4-9(10)6-11(12)14(18)16-8-13(15)17/h2-7H,8H2,1H3,(H2,15,17)(H,16,18). The van der Waals surface area contributed by atoms with Crippen molar-refractivity contribution in [3.8, 4) is 5.75 Å². The minimum atomic E-state index is -0.590. The molecule has 0 fully saturated rings. The van der Waals surface area contributed by atoms with Crippen LogP contribution < -0.4 is 15.8 Å². The summed E-state index contributed by atoms with van der Waals surface area (Å²) >= 11 is 0. The third-order valence-electron chi connectivity index (χ3n) is 2.74. The number of rotatable bonds is 4. The quantitative estimate of drug-likeness (QED) is 0.860. The van der Waals surface area contributed by atoms with E-state index in [2.05, 4.69) is 5.32 Å². The van der Waals surface area contributed by atoms with Gasteiger partial charge in [-0.3, -0.25) is 9.59 Å². The van der Waals surface area contributed by atoms with E-state index < -0.39 is 5.91 Å². The molecule has 0 unspecified atom stereocenters. The summed E-state index contributed by atoms with van der Waals surface area (Å²) in [4.78, 5) is 22.7. The number of hydrogen-bond acceptors (Lipinski definition) is 3. The van der Waals surface area contributed by atoms with Gasteiger partial charge in [0.05, 0.1) is 19.2 Å². The zero-order valence-corrected chi connectivity index (χ0v) is 10.5. The average Bonchev–Trinajstić information content (AvgIpc) is 2.43. The number of primary amides is 1. The summed E-state index contributed by atoms with van der Waals surface area (Å²) in [5.74, 6) is -0.518. The first-order valence-corrected chi connectivity index (χ1v) is 5.75. The molecule has 0 atom stereocenters. The number of nitrogens with two attached hydrogens (primary N) is 1. The zero-order chi connectivity index (χ0) is 13.8. The first-order chi connectivity index (χ1) is 9.11. The van der Waals surface area contributed by atoms with Crippen molar-refractivity contribution in [2.24, 2.45) is 5.73 Å². The number of methoxy groups -OCH3 is 1. The zero-order valence-electron chi connectivity index (χ0n) is 10.5. The number of fused-ring (bicyclic) bond motifs is 1. The second-order valence-corrected chi connectivity index (χ2v) is 4.05. The number of carbonyl (C=O) groups excluding carboxylic acids is 2. The van der Waals surface area contributed by atoms with Crippen LogP contribution in [0.25, 0.3) is 10.8 Å². The maximum Gasteiger partial charge on any atom is 0.255 e. The van der Waals surface area contributed by atoms with E-state index in [1.807, 2.05) is 24.3 Å². The fourth-order valence-electron chi connectivity index (χ4n) is 1.83. The highest BCUT2D eigenvalue weighted by atomic mass is 16.5. The number of carbonyl (C=O) groups is 2. The van der Waals surface area contributed by atoms with Gasteiger partial charge < -0.3 is 15.8 Å². The second-order valence-electron chi connectivity index (χ2n) is 4.05. The molecule has 2 aromatic carbocycles. The van der Waals surface area contributed by atoms with Gasteiger partial charge in [0.15, 0.2) is 0 Å². The molecule has 2 amide bonds. The minimum Gasteiger partial charge on any atom is -0.496 e. The van der Waals surface area contributed by atoms with Crippen molar-refractivity contribution in [3.63, 3.8) is 0 Å². The maximum atomic E-state index is 12.0. The first kappa shape index (κ1) is 12.9. The lowest BCUT2D eigenvalue weighted by molar-refractivity contribution is -0.117. The summed E-state index contributed by atoms with van der Waals surface area (Å²) in [5.41, 5.74) is 5.37. The molecule has 0 saturated heterocycles. The molecule has 2 aromatic rings. The first-order valence-electron chi connectivity index (χ1n) is 5.75. The number of nitrogens with one attached hydrogen (secondary N) is 1. The Morgan fingerprint density at radius 1 is 1.21 bits per heavy atom. The molecule has 0 spiro atoms. The molecule has 0 bridgehead atoms. The van der Waals surface area contributed by atoms with E-state index in [9.17, 15) is 9.59 Å². The van der Waals surface area contributed by atoms with Crippen LogP contribution >= 0.6 is 0 Å². The van der Waals surface area contributed by atoms with Gasteiger partial charge in [0, 0.05) is 0 Å². The number of benzene rings is 2. The van der Waals surface area contributed by atoms with Crippen LogP contribution in [-0.4, -0.2) is 25.5 Å². The highest BCUT2D eigenvalue weighted by Crippen LogP contribution is 2.25. The van der Waals surface area contributed by atoms with E-state index in [4.69, 9.17) is 10.5 Å². The SMILES string of the molecule is COc1cc2ccccc2cc1C(=O)NCC(N)=O. The van der Waals surface area contributed by atoms with E-state index >= 15 is 0 Å². The van der Waals surface area contributed by atoms with Crippen LogP contribution in [0.2, 0.25) is 0 Å². The van der Waals surface area contributed by atoms with Crippen LogP contribution in [0.1, 0.15) is 10.4 Å². The topological polar surface area (TPSA) is 81.4 Å². The summed E-state index contributed by atoms with van der Waals surface area (Å²) in [7, 11) is 1.50. The van der Waals surface area contributed by atoms with Crippen molar-refractivity contribution in [1.82, 2.24) is 5.32 Å². The smallest absolute Gasteiger partial charge is 0.255 e. The number of amides is 2. The van der Waals surface area contributed by atoms with Gasteiger partial charge in [-0.05, 0) is 22.9 Å². The Kier molecular flexibility index (Phi) is 3.66. The van der Waals surface area contributed by atoms with Crippen molar-refractivity contribution in [1.29, 1.82) is 0 Å². The second kappa shape index (κ2) is 5.39. The van der Waals surface area contributed by atoms with Gasteiger partial charge in [0.1, 0.15) is 5.75 Å². The van der Waals surface area contributed by atoms with Crippen molar-refractivity contribution in [2.45, 2.75) is 0 Å². The highest BCUT2D eigenvalue weighted by Gasteiger charge is 2.13. The van der Waals surface area contributed by atoms with Gasteiger partial charge in [-0.15, -0.1) is 0 Å². The fraction of sp³-hybridized carbons (Fsp3) is 0.143. The lowest BCUT2D eigenvalue weighted by Gasteiger charge is -2.10. The molecule has 0 aromatic heterocycles. The van der Waals surface area contributed by atoms with Gasteiger partial charge in [0.2, 0.25) is 5.91 Å². The van der Waals surface area contributed by atoms with Crippen molar-refractivity contribution in [2.75, 3.05) is 13.7 Å². The Bertz CT molecular complexity index is 638. The molecule has 98 valence electrons. The Morgan fingerprint density at radius 3 is 2.42 bits per heavy atom. The Labute approximate surface area is 110 Å². The molecule has 19 heavy (non-hydrogen) atoms. The number of ether oxygens (including phenoxy) is 1. The lowest BCUT2D eigenvalue weighted by Crippen LogP contribution is -2.33. The van der Waals surface area contributed by atoms with Gasteiger partial charge in [0.25, 0.3) is 5.91 Å². The summed E-state index contributed by atoms with van der Waals surface area (Å²) < 4.78 is 5.20. The molecular formula is C14H14N2O3. The molecule has 2 rings (SSSR count). The molecule has 0 radical (unpaired) electrons. The van der Waals surface area contributed by atoms with Gasteiger partial charge in [-0.2, -0.15) is 0 Å². The van der Waals surface area contributed by atoms with Gasteiger partial charge in [-0.25, -0.2) is 0 Å². The van der Waals surface area contributed by atoms with Gasteiger partial charge >= 0.3 is 0 Å². The summed E-state index contributed by atoms with van der Waals surface area (Å²) in [6, 6.07) is 11.1. The van der Waals surface area contributed by atoms with Crippen LogP contribution in [0.5, 0.6) is 5.75 Å². The van der Waals surface area contributed by atoms with Crippen LogP contribution in [-0.2, 0) is 4.79 Å². The van der Waals surface area contributed by atoms with Crippen LogP contribution in [0.4, 0.5) is 0 Å². The monoisotopic (exact) mass is 258 g/mol. The van der Waals surface area contributed by atoms with E-state index in [1.54, 1.807) is 12.1 Å². The summed E-state index contributed by atoms with van der Waals surface area (Å²) in [5, 5.41) is 4.35. The van der Waals surface area contributed by atoms with Crippen molar-refractivity contribution >= 4 is 22.6 Å². The molecular weight excluding hydrogens is 244 g/mol. The third kappa shape index (κ3) is 2.82. The van der Waals surface area contributed by atoms with Crippen molar-refractivity contribution < 1.29 is 14.3 Å². The van der Waals surface area contributed by atoms with Crippen molar-refractivity contribution in [3.05, 3.63) is 42.0 Å². The Balaban J connectivity index is 2.40. The molecule has 0 aliphatic rings. The Hall–Kier alpha value is -2.56. The predicted molar refractivity (Wildman–Crippen MR) is 72.0 cm³/mol. The van der Waals surface area contributed by atoms with E-state index in [1.165, 1.54) is 7.11 Å². The predicted octanol–water partition coefficient (Wildman–Crippen LogP) is 1.06.